The molecule has 0 radical (unpaired) electrons. The van der Waals surface area contributed by atoms with Crippen LogP contribution >= 0.6 is 0 Å². The average Bonchev–Trinajstić information content (AvgIpc) is 2.43. The molecule has 18 heavy (non-hydrogen) atoms. The molecular weight excluding hydrogens is 232 g/mol. The van der Waals surface area contributed by atoms with Crippen molar-refractivity contribution in [1.82, 2.24) is 4.98 Å². The van der Waals surface area contributed by atoms with Crippen LogP contribution in [-0.2, 0) is 0 Å². The van der Waals surface area contributed by atoms with Crippen LogP contribution in [0.5, 0.6) is 11.5 Å². The molecule has 0 aliphatic heterocycles. The van der Waals surface area contributed by atoms with Gasteiger partial charge in [-0.1, -0.05) is 0 Å². The van der Waals surface area contributed by atoms with Crippen molar-refractivity contribution in [3.05, 3.63) is 30.0 Å². The summed E-state index contributed by atoms with van der Waals surface area (Å²) in [4.78, 5) is 4.18. The van der Waals surface area contributed by atoms with Crippen LogP contribution in [0.1, 0.15) is 5.56 Å². The molecule has 1 N–H and O–H groups in total. The third-order valence-electron chi connectivity index (χ3n) is 2.48. The molecule has 92 valence electrons. The maximum Gasteiger partial charge on any atom is 0.148 e. The Bertz CT molecular complexity index is 605. The molecule has 0 amide bonds. The second kappa shape index (κ2) is 5.34. The van der Waals surface area contributed by atoms with Crippen molar-refractivity contribution >= 4 is 10.9 Å². The molecule has 0 bridgehead atoms. The van der Waals surface area contributed by atoms with E-state index >= 15 is 0 Å². The normalized spacial score (nSPS) is 10.1. The zero-order chi connectivity index (χ0) is 13.0. The predicted octanol–water partition coefficient (Wildman–Crippen LogP) is 1.49. The number of pyridine rings is 1. The summed E-state index contributed by atoms with van der Waals surface area (Å²) in [7, 11) is 1.57. The SMILES string of the molecule is COc1ccc2ncc(C#N)c(OCCO)c2c1. The van der Waals surface area contributed by atoms with E-state index in [1.165, 1.54) is 6.20 Å². The van der Waals surface area contributed by atoms with Crippen molar-refractivity contribution in [2.45, 2.75) is 0 Å². The Kier molecular flexibility index (Phi) is 3.60. The van der Waals surface area contributed by atoms with Gasteiger partial charge < -0.3 is 14.6 Å². The number of nitrogens with zero attached hydrogens (tertiary/aromatic N) is 2. The summed E-state index contributed by atoms with van der Waals surface area (Å²) in [5.41, 5.74) is 1.05. The van der Waals surface area contributed by atoms with Crippen LogP contribution in [0.15, 0.2) is 24.4 Å². The summed E-state index contributed by atoms with van der Waals surface area (Å²) >= 11 is 0. The molecular formula is C13H12N2O3. The number of methoxy groups -OCH3 is 1. The third kappa shape index (κ3) is 2.19. The second-order valence-electron chi connectivity index (χ2n) is 3.57. The van der Waals surface area contributed by atoms with Gasteiger partial charge in [0.2, 0.25) is 0 Å². The lowest BCUT2D eigenvalue weighted by Crippen LogP contribution is -2.04. The Hall–Kier alpha value is -2.32. The average molecular weight is 244 g/mol. The molecule has 0 aliphatic carbocycles. The van der Waals surface area contributed by atoms with Crippen molar-refractivity contribution < 1.29 is 14.6 Å². The summed E-state index contributed by atoms with van der Waals surface area (Å²) in [5, 5.41) is 18.6. The van der Waals surface area contributed by atoms with Crippen molar-refractivity contribution in [2.75, 3.05) is 20.3 Å². The lowest BCUT2D eigenvalue weighted by molar-refractivity contribution is 0.202. The number of rotatable bonds is 4. The van der Waals surface area contributed by atoms with Crippen molar-refractivity contribution in [3.63, 3.8) is 0 Å². The minimum Gasteiger partial charge on any atom is -0.497 e. The smallest absolute Gasteiger partial charge is 0.148 e. The molecule has 0 saturated heterocycles. The highest BCUT2D eigenvalue weighted by Gasteiger charge is 2.11. The first-order valence-electron chi connectivity index (χ1n) is 5.40. The van der Waals surface area contributed by atoms with E-state index in [1.807, 2.05) is 6.07 Å². The van der Waals surface area contributed by atoms with E-state index < -0.39 is 0 Å². The van der Waals surface area contributed by atoms with Crippen molar-refractivity contribution in [2.24, 2.45) is 0 Å². The Balaban J connectivity index is 2.62. The van der Waals surface area contributed by atoms with E-state index in [1.54, 1.807) is 25.3 Å². The fourth-order valence-corrected chi connectivity index (χ4v) is 1.66. The highest BCUT2D eigenvalue weighted by Crippen LogP contribution is 2.30. The van der Waals surface area contributed by atoms with Gasteiger partial charge in [-0.05, 0) is 18.2 Å². The van der Waals surface area contributed by atoms with Gasteiger partial charge in [-0.15, -0.1) is 0 Å². The molecule has 0 saturated carbocycles. The summed E-state index contributed by atoms with van der Waals surface area (Å²) in [6, 6.07) is 7.37. The number of aliphatic hydroxyl groups excluding tert-OH is 1. The molecule has 2 rings (SSSR count). The number of ether oxygens (including phenoxy) is 2. The van der Waals surface area contributed by atoms with Crippen LogP contribution in [0.25, 0.3) is 10.9 Å². The molecule has 1 aromatic carbocycles. The van der Waals surface area contributed by atoms with Gasteiger partial charge in [0.05, 0.1) is 19.2 Å². The number of aliphatic hydroxyl groups is 1. The number of hydrogen-bond acceptors (Lipinski definition) is 5. The highest BCUT2D eigenvalue weighted by atomic mass is 16.5. The van der Waals surface area contributed by atoms with Gasteiger partial charge in [-0.25, -0.2) is 0 Å². The van der Waals surface area contributed by atoms with Gasteiger partial charge >= 0.3 is 0 Å². The Morgan fingerprint density at radius 2 is 2.28 bits per heavy atom. The molecule has 0 aliphatic rings. The van der Waals surface area contributed by atoms with Gasteiger partial charge in [-0.2, -0.15) is 5.26 Å². The van der Waals surface area contributed by atoms with Crippen LogP contribution in [0, 0.1) is 11.3 Å². The van der Waals surface area contributed by atoms with Gasteiger partial charge in [0.25, 0.3) is 0 Å². The largest absolute Gasteiger partial charge is 0.497 e. The first kappa shape index (κ1) is 12.1. The first-order chi connectivity index (χ1) is 8.80. The molecule has 1 heterocycles. The van der Waals surface area contributed by atoms with Gasteiger partial charge in [0, 0.05) is 11.6 Å². The van der Waals surface area contributed by atoms with E-state index in [0.717, 1.165) is 0 Å². The Labute approximate surface area is 104 Å². The van der Waals surface area contributed by atoms with Crippen LogP contribution in [-0.4, -0.2) is 30.4 Å². The summed E-state index contributed by atoms with van der Waals surface area (Å²) in [6.45, 7) is 0.0175. The standard InChI is InChI=1S/C13H12N2O3/c1-17-10-2-3-12-11(6-10)13(18-5-4-16)9(7-14)8-15-12/h2-3,6,8,16H,4-5H2,1H3. The number of fused-ring (bicyclic) bond motifs is 1. The quantitative estimate of drug-likeness (QED) is 0.881. The fourth-order valence-electron chi connectivity index (χ4n) is 1.66. The third-order valence-corrected chi connectivity index (χ3v) is 2.48. The van der Waals surface area contributed by atoms with Crippen LogP contribution in [0.4, 0.5) is 0 Å². The van der Waals surface area contributed by atoms with Crippen LogP contribution in [0.3, 0.4) is 0 Å². The number of benzene rings is 1. The molecule has 1 aromatic heterocycles. The van der Waals surface area contributed by atoms with Gasteiger partial charge in [-0.3, -0.25) is 4.98 Å². The van der Waals surface area contributed by atoms with E-state index in [4.69, 9.17) is 19.8 Å². The minimum atomic E-state index is -0.112. The van der Waals surface area contributed by atoms with E-state index in [-0.39, 0.29) is 13.2 Å². The molecule has 5 nitrogen and oxygen atoms in total. The Morgan fingerprint density at radius 1 is 1.44 bits per heavy atom. The van der Waals surface area contributed by atoms with E-state index in [9.17, 15) is 0 Å². The van der Waals surface area contributed by atoms with E-state index in [0.29, 0.717) is 28.0 Å². The molecule has 0 fully saturated rings. The van der Waals surface area contributed by atoms with E-state index in [2.05, 4.69) is 4.98 Å². The first-order valence-corrected chi connectivity index (χ1v) is 5.40. The number of hydrogen-bond donors (Lipinski definition) is 1. The number of nitriles is 1. The zero-order valence-electron chi connectivity index (χ0n) is 9.88. The van der Waals surface area contributed by atoms with Gasteiger partial charge in [0.15, 0.2) is 0 Å². The second-order valence-corrected chi connectivity index (χ2v) is 3.57. The van der Waals surface area contributed by atoms with Crippen LogP contribution in [0.2, 0.25) is 0 Å². The molecule has 0 unspecified atom stereocenters. The van der Waals surface area contributed by atoms with Crippen molar-refractivity contribution in [1.29, 1.82) is 5.26 Å². The van der Waals surface area contributed by atoms with Crippen LogP contribution < -0.4 is 9.47 Å². The Morgan fingerprint density at radius 3 is 2.94 bits per heavy atom. The summed E-state index contributed by atoms with van der Waals surface area (Å²) < 4.78 is 10.6. The zero-order valence-corrected chi connectivity index (χ0v) is 9.88. The molecule has 0 spiro atoms. The summed E-state index contributed by atoms with van der Waals surface area (Å²) in [5.74, 6) is 1.09. The molecule has 5 heteroatoms. The molecule has 2 aromatic rings. The predicted molar refractivity (Wildman–Crippen MR) is 65.6 cm³/mol. The fraction of sp³-hybridized carbons (Fsp3) is 0.231. The van der Waals surface area contributed by atoms with Crippen molar-refractivity contribution in [3.8, 4) is 17.6 Å². The maximum absolute atomic E-state index is 9.04. The lowest BCUT2D eigenvalue weighted by atomic mass is 10.1. The number of aromatic nitrogens is 1. The topological polar surface area (TPSA) is 75.4 Å². The lowest BCUT2D eigenvalue weighted by Gasteiger charge is -2.10. The van der Waals surface area contributed by atoms with Gasteiger partial charge in [0.1, 0.15) is 29.7 Å². The maximum atomic E-state index is 9.04. The highest BCUT2D eigenvalue weighted by molar-refractivity contribution is 5.88. The summed E-state index contributed by atoms with van der Waals surface area (Å²) in [6.07, 6.45) is 1.46. The molecule has 0 atom stereocenters. The minimum absolute atomic E-state index is 0.112. The monoisotopic (exact) mass is 244 g/mol.